The van der Waals surface area contributed by atoms with Crippen LogP contribution in [0.25, 0.3) is 33.5 Å². The fourth-order valence-corrected chi connectivity index (χ4v) is 5.19. The van der Waals surface area contributed by atoms with Crippen molar-refractivity contribution in [2.45, 2.75) is 46.3 Å². The van der Waals surface area contributed by atoms with Crippen molar-refractivity contribution in [2.24, 2.45) is 0 Å². The van der Waals surface area contributed by atoms with Crippen molar-refractivity contribution in [3.05, 3.63) is 126 Å². The average Bonchev–Trinajstić information content (AvgIpc) is 3.66. The van der Waals surface area contributed by atoms with Crippen molar-refractivity contribution in [1.82, 2.24) is 19.5 Å². The predicted octanol–water partition coefficient (Wildman–Crippen LogP) is 7.87. The van der Waals surface area contributed by atoms with Gasteiger partial charge < -0.3 is 19.6 Å². The summed E-state index contributed by atoms with van der Waals surface area (Å²) >= 11 is 0. The standard InChI is InChI=1S/C21H22N2O4.C17H16N2O/c1-21(2,3)27-20(26)23-12-17(16-9-15(13-24)6-7-18(16)23)19(25)10-14-5-4-8-22-11-14;1-12(8-13-4-3-7-18-10-13)16-11-19-17-6-5-14(20-2)9-15(16)17/h4-9,11-12,24H,10,13H2,1-3H3;3-11,19H,1-2H3/b;12-8+. The molecule has 47 heavy (non-hydrogen) atoms. The molecule has 0 aliphatic carbocycles. The number of allylic oxidation sites excluding steroid dienone is 1. The zero-order valence-corrected chi connectivity index (χ0v) is 27.2. The van der Waals surface area contributed by atoms with Gasteiger partial charge in [-0.2, -0.15) is 0 Å². The number of fused-ring (bicyclic) bond motifs is 2. The van der Waals surface area contributed by atoms with E-state index in [0.29, 0.717) is 22.0 Å². The molecule has 0 unspecified atom stereocenters. The number of Topliss-reactive ketones (excluding diaryl/α,β-unsaturated/α-hetero) is 1. The van der Waals surface area contributed by atoms with E-state index in [1.54, 1.807) is 70.7 Å². The van der Waals surface area contributed by atoms with Gasteiger partial charge in [0.15, 0.2) is 5.78 Å². The van der Waals surface area contributed by atoms with Crippen LogP contribution in [0, 0.1) is 0 Å². The summed E-state index contributed by atoms with van der Waals surface area (Å²) in [6.07, 6.45) is 12.2. The second-order valence-corrected chi connectivity index (χ2v) is 12.1. The Labute approximate surface area is 273 Å². The van der Waals surface area contributed by atoms with E-state index in [1.165, 1.54) is 27.3 Å². The monoisotopic (exact) mass is 630 g/mol. The highest BCUT2D eigenvalue weighted by Crippen LogP contribution is 2.29. The molecule has 2 aromatic carbocycles. The molecule has 0 radical (unpaired) electrons. The summed E-state index contributed by atoms with van der Waals surface area (Å²) in [5.41, 5.74) is 6.37. The summed E-state index contributed by atoms with van der Waals surface area (Å²) in [4.78, 5) is 36.9. The van der Waals surface area contributed by atoms with Crippen LogP contribution in [0.1, 0.15) is 60.3 Å². The van der Waals surface area contributed by atoms with Gasteiger partial charge in [-0.15, -0.1) is 0 Å². The van der Waals surface area contributed by atoms with Crippen LogP contribution in [-0.2, 0) is 17.8 Å². The lowest BCUT2D eigenvalue weighted by Crippen LogP contribution is -2.26. The fourth-order valence-electron chi connectivity index (χ4n) is 5.19. The number of H-pyrrole nitrogens is 1. The molecule has 2 N–H and O–H groups in total. The van der Waals surface area contributed by atoms with Gasteiger partial charge in [-0.3, -0.25) is 19.3 Å². The van der Waals surface area contributed by atoms with Crippen molar-refractivity contribution >= 4 is 45.3 Å². The van der Waals surface area contributed by atoms with Gasteiger partial charge in [-0.25, -0.2) is 4.79 Å². The number of benzene rings is 2. The molecule has 0 saturated heterocycles. The quantitative estimate of drug-likeness (QED) is 0.172. The number of pyridine rings is 2. The summed E-state index contributed by atoms with van der Waals surface area (Å²) in [6, 6.07) is 18.8. The number of rotatable bonds is 7. The maximum absolute atomic E-state index is 12.9. The zero-order valence-electron chi connectivity index (χ0n) is 27.2. The van der Waals surface area contributed by atoms with E-state index in [-0.39, 0.29) is 18.8 Å². The Kier molecular flexibility index (Phi) is 9.97. The van der Waals surface area contributed by atoms with Crippen LogP contribution in [0.4, 0.5) is 4.79 Å². The van der Waals surface area contributed by atoms with Gasteiger partial charge in [0.1, 0.15) is 11.4 Å². The minimum atomic E-state index is -0.654. The van der Waals surface area contributed by atoms with Crippen molar-refractivity contribution in [1.29, 1.82) is 0 Å². The molecular weight excluding hydrogens is 592 g/mol. The minimum Gasteiger partial charge on any atom is -0.497 e. The molecule has 4 aromatic heterocycles. The maximum atomic E-state index is 12.9. The number of hydrogen-bond donors (Lipinski definition) is 2. The number of nitrogens with one attached hydrogen (secondary N) is 1. The van der Waals surface area contributed by atoms with E-state index in [1.807, 2.05) is 42.7 Å². The van der Waals surface area contributed by atoms with Gasteiger partial charge in [-0.1, -0.05) is 18.2 Å². The molecule has 0 aliphatic rings. The second-order valence-electron chi connectivity index (χ2n) is 12.1. The number of aliphatic hydroxyl groups is 1. The Bertz CT molecular complexity index is 2040. The van der Waals surface area contributed by atoms with Crippen LogP contribution in [-0.4, -0.2) is 49.2 Å². The van der Waals surface area contributed by atoms with E-state index in [9.17, 15) is 14.7 Å². The van der Waals surface area contributed by atoms with Gasteiger partial charge in [0, 0.05) is 71.0 Å². The molecule has 0 spiro atoms. The Morgan fingerprint density at radius 3 is 2.36 bits per heavy atom. The van der Waals surface area contributed by atoms with E-state index < -0.39 is 11.7 Å². The average molecular weight is 631 g/mol. The number of methoxy groups -OCH3 is 1. The van der Waals surface area contributed by atoms with Gasteiger partial charge in [0.25, 0.3) is 0 Å². The fraction of sp³-hybridized carbons (Fsp3) is 0.211. The first kappa shape index (κ1) is 32.8. The lowest BCUT2D eigenvalue weighted by atomic mass is 10.0. The number of aromatic nitrogens is 4. The Morgan fingerprint density at radius 1 is 0.936 bits per heavy atom. The lowest BCUT2D eigenvalue weighted by Gasteiger charge is -2.19. The first-order chi connectivity index (χ1) is 22.6. The minimum absolute atomic E-state index is 0.134. The highest BCUT2D eigenvalue weighted by Gasteiger charge is 2.23. The number of hydrogen-bond acceptors (Lipinski definition) is 7. The van der Waals surface area contributed by atoms with E-state index in [0.717, 1.165) is 22.4 Å². The molecule has 6 rings (SSSR count). The number of nitrogens with zero attached hydrogens (tertiary/aromatic N) is 3. The van der Waals surface area contributed by atoms with Crippen molar-refractivity contribution in [3.63, 3.8) is 0 Å². The highest BCUT2D eigenvalue weighted by molar-refractivity contribution is 6.10. The summed E-state index contributed by atoms with van der Waals surface area (Å²) in [7, 11) is 1.69. The molecule has 0 bridgehead atoms. The highest BCUT2D eigenvalue weighted by atomic mass is 16.6. The number of aliphatic hydroxyl groups excluding tert-OH is 1. The maximum Gasteiger partial charge on any atom is 0.419 e. The van der Waals surface area contributed by atoms with Gasteiger partial charge >= 0.3 is 6.09 Å². The third kappa shape index (κ3) is 8.01. The van der Waals surface area contributed by atoms with Crippen LogP contribution in [0.2, 0.25) is 0 Å². The number of carbonyl (C=O) groups excluding carboxylic acids is 2. The van der Waals surface area contributed by atoms with Gasteiger partial charge in [0.2, 0.25) is 0 Å². The molecular formula is C38H38N4O5. The molecule has 6 aromatic rings. The summed E-state index contributed by atoms with van der Waals surface area (Å²) in [5.74, 6) is 0.734. The van der Waals surface area contributed by atoms with Crippen molar-refractivity contribution in [2.75, 3.05) is 7.11 Å². The number of ether oxygens (including phenoxy) is 2. The first-order valence-electron chi connectivity index (χ1n) is 15.2. The Balaban J connectivity index is 0.000000193. The first-order valence-corrected chi connectivity index (χ1v) is 15.2. The molecule has 4 heterocycles. The normalized spacial score (nSPS) is 11.7. The zero-order chi connectivity index (χ0) is 33.6. The summed E-state index contributed by atoms with van der Waals surface area (Å²) in [5, 5.41) is 11.2. The van der Waals surface area contributed by atoms with E-state index in [2.05, 4.69) is 34.0 Å². The SMILES string of the molecule is CC(C)(C)OC(=O)n1cc(C(=O)Cc2cccnc2)c2cc(CO)ccc21.COc1ccc2[nH]cc(/C(C)=C/c3cccnc3)c2c1. The molecule has 0 fully saturated rings. The molecule has 0 saturated carbocycles. The second kappa shape index (κ2) is 14.3. The molecule has 9 nitrogen and oxygen atoms in total. The molecule has 240 valence electrons. The Hall–Kier alpha value is -5.54. The van der Waals surface area contributed by atoms with E-state index >= 15 is 0 Å². The van der Waals surface area contributed by atoms with E-state index in [4.69, 9.17) is 9.47 Å². The van der Waals surface area contributed by atoms with Crippen LogP contribution in [0.15, 0.2) is 97.8 Å². The van der Waals surface area contributed by atoms with Gasteiger partial charge in [0.05, 0.1) is 19.2 Å². The third-order valence-electron chi connectivity index (χ3n) is 7.41. The van der Waals surface area contributed by atoms with Crippen LogP contribution in [0.5, 0.6) is 5.75 Å². The largest absolute Gasteiger partial charge is 0.497 e. The number of aromatic amines is 1. The molecule has 0 aliphatic heterocycles. The molecule has 0 atom stereocenters. The third-order valence-corrected chi connectivity index (χ3v) is 7.41. The lowest BCUT2D eigenvalue weighted by molar-refractivity contribution is 0.0544. The number of ketones is 1. The summed E-state index contributed by atoms with van der Waals surface area (Å²) in [6.45, 7) is 7.32. The van der Waals surface area contributed by atoms with Crippen molar-refractivity contribution < 1.29 is 24.2 Å². The Morgan fingerprint density at radius 2 is 1.70 bits per heavy atom. The van der Waals surface area contributed by atoms with Gasteiger partial charge in [-0.05, 0) is 98.5 Å². The van der Waals surface area contributed by atoms with Crippen LogP contribution in [0.3, 0.4) is 0 Å². The number of carbonyl (C=O) groups is 2. The topological polar surface area (TPSA) is 119 Å². The molecule has 0 amide bonds. The predicted molar refractivity (Wildman–Crippen MR) is 184 cm³/mol. The van der Waals surface area contributed by atoms with Crippen LogP contribution < -0.4 is 4.74 Å². The van der Waals surface area contributed by atoms with Crippen LogP contribution >= 0.6 is 0 Å². The smallest absolute Gasteiger partial charge is 0.419 e. The van der Waals surface area contributed by atoms with Crippen molar-refractivity contribution in [3.8, 4) is 5.75 Å². The molecule has 9 heteroatoms. The summed E-state index contributed by atoms with van der Waals surface area (Å²) < 4.78 is 12.1.